The Morgan fingerprint density at radius 2 is 2.16 bits per heavy atom. The van der Waals surface area contributed by atoms with Crippen molar-refractivity contribution in [3.8, 4) is 27.9 Å². The fourth-order valence-corrected chi connectivity index (χ4v) is 3.39. The van der Waals surface area contributed by atoms with Crippen LogP contribution in [0.1, 0.15) is 0 Å². The van der Waals surface area contributed by atoms with Gasteiger partial charge < -0.3 is 9.63 Å². The van der Waals surface area contributed by atoms with E-state index in [1.807, 2.05) is 17.5 Å². The van der Waals surface area contributed by atoms with Crippen molar-refractivity contribution in [2.45, 2.75) is 0 Å². The van der Waals surface area contributed by atoms with Gasteiger partial charge in [-0.2, -0.15) is 4.98 Å². The van der Waals surface area contributed by atoms with Gasteiger partial charge in [-0.05, 0) is 62.8 Å². The van der Waals surface area contributed by atoms with Gasteiger partial charge in [0.2, 0.25) is 5.82 Å². The molecular weight excluding hydrogens is 443 g/mol. The minimum Gasteiger partial charge on any atom is -0.507 e. The van der Waals surface area contributed by atoms with E-state index in [1.54, 1.807) is 12.1 Å². The van der Waals surface area contributed by atoms with E-state index < -0.39 is 0 Å². The molecule has 3 rings (SSSR count). The predicted molar refractivity (Wildman–Crippen MR) is 85.1 cm³/mol. The highest BCUT2D eigenvalue weighted by Crippen LogP contribution is 2.33. The maximum Gasteiger partial charge on any atom is 0.262 e. The van der Waals surface area contributed by atoms with Crippen molar-refractivity contribution in [3.05, 3.63) is 37.7 Å². The minimum absolute atomic E-state index is 0.128. The summed E-state index contributed by atoms with van der Waals surface area (Å²) in [6.45, 7) is 0. The molecule has 1 aromatic carbocycles. The molecule has 0 amide bonds. The number of benzene rings is 1. The summed E-state index contributed by atoms with van der Waals surface area (Å²) in [7, 11) is 0. The van der Waals surface area contributed by atoms with Crippen LogP contribution in [0.3, 0.4) is 0 Å². The topological polar surface area (TPSA) is 59.2 Å². The van der Waals surface area contributed by atoms with Gasteiger partial charge in [0.05, 0.1) is 10.4 Å². The Balaban J connectivity index is 2.03. The number of thiophene rings is 1. The molecule has 96 valence electrons. The second-order valence-electron chi connectivity index (χ2n) is 3.71. The lowest BCUT2D eigenvalue weighted by Gasteiger charge is -1.99. The Hall–Kier alpha value is -0.930. The number of nitrogens with zero attached hydrogens (tertiary/aromatic N) is 2. The summed E-state index contributed by atoms with van der Waals surface area (Å²) in [5, 5.41) is 15.7. The highest BCUT2D eigenvalue weighted by Gasteiger charge is 2.15. The zero-order valence-electron chi connectivity index (χ0n) is 9.30. The summed E-state index contributed by atoms with van der Waals surface area (Å²) in [5.74, 6) is 0.961. The molecule has 0 aliphatic carbocycles. The van der Waals surface area contributed by atoms with Gasteiger partial charge in [-0.15, -0.1) is 11.3 Å². The third-order valence-electron chi connectivity index (χ3n) is 2.40. The Bertz CT molecular complexity index is 741. The SMILES string of the molecule is Oc1ccc(I)cc1-c1nc(-c2cc(Br)cs2)no1. The molecule has 3 aromatic rings. The molecule has 0 spiro atoms. The van der Waals surface area contributed by atoms with Gasteiger partial charge in [0.1, 0.15) is 5.75 Å². The van der Waals surface area contributed by atoms with Crippen LogP contribution in [0.25, 0.3) is 22.2 Å². The van der Waals surface area contributed by atoms with E-state index in [0.717, 1.165) is 12.9 Å². The highest BCUT2D eigenvalue weighted by atomic mass is 127. The van der Waals surface area contributed by atoms with Gasteiger partial charge in [0.15, 0.2) is 0 Å². The number of aromatic hydroxyl groups is 1. The largest absolute Gasteiger partial charge is 0.507 e. The number of aromatic nitrogens is 2. The summed E-state index contributed by atoms with van der Waals surface area (Å²) < 4.78 is 7.19. The molecule has 0 saturated carbocycles. The maximum absolute atomic E-state index is 9.84. The van der Waals surface area contributed by atoms with Crippen molar-refractivity contribution >= 4 is 49.9 Å². The van der Waals surface area contributed by atoms with E-state index in [9.17, 15) is 5.11 Å². The molecular formula is C12H6BrIN2O2S. The summed E-state index contributed by atoms with van der Waals surface area (Å²) in [6, 6.07) is 7.15. The van der Waals surface area contributed by atoms with Crippen LogP contribution in [0.15, 0.2) is 38.6 Å². The molecule has 0 saturated heterocycles. The van der Waals surface area contributed by atoms with Crippen LogP contribution in [0.4, 0.5) is 0 Å². The van der Waals surface area contributed by atoms with Crippen molar-refractivity contribution in [2.24, 2.45) is 0 Å². The predicted octanol–water partition coefficient (Wildman–Crippen LogP) is 4.54. The molecule has 0 atom stereocenters. The van der Waals surface area contributed by atoms with Gasteiger partial charge in [0, 0.05) is 13.4 Å². The third kappa shape index (κ3) is 2.67. The van der Waals surface area contributed by atoms with Crippen LogP contribution in [0.5, 0.6) is 5.75 Å². The number of phenols is 1. The first-order chi connectivity index (χ1) is 9.13. The maximum atomic E-state index is 9.84. The number of hydrogen-bond acceptors (Lipinski definition) is 5. The molecule has 2 heterocycles. The smallest absolute Gasteiger partial charge is 0.262 e. The Labute approximate surface area is 134 Å². The van der Waals surface area contributed by atoms with E-state index in [0.29, 0.717) is 17.3 Å². The molecule has 7 heteroatoms. The molecule has 0 unspecified atom stereocenters. The van der Waals surface area contributed by atoms with Crippen LogP contribution in [-0.4, -0.2) is 15.2 Å². The number of halogens is 2. The van der Waals surface area contributed by atoms with Crippen molar-refractivity contribution in [1.29, 1.82) is 0 Å². The van der Waals surface area contributed by atoms with Gasteiger partial charge in [-0.3, -0.25) is 0 Å². The Morgan fingerprint density at radius 3 is 2.89 bits per heavy atom. The average Bonchev–Trinajstić information content (AvgIpc) is 3.00. The fraction of sp³-hybridized carbons (Fsp3) is 0. The lowest BCUT2D eigenvalue weighted by atomic mass is 10.2. The molecule has 0 fully saturated rings. The Kier molecular flexibility index (Phi) is 3.59. The normalized spacial score (nSPS) is 10.8. The first kappa shape index (κ1) is 13.1. The van der Waals surface area contributed by atoms with Crippen LogP contribution >= 0.6 is 49.9 Å². The lowest BCUT2D eigenvalue weighted by molar-refractivity contribution is 0.426. The molecule has 2 aromatic heterocycles. The second-order valence-corrected chi connectivity index (χ2v) is 6.79. The molecule has 0 aliphatic heterocycles. The summed E-state index contributed by atoms with van der Waals surface area (Å²) in [4.78, 5) is 5.22. The number of rotatable bonds is 2. The zero-order chi connectivity index (χ0) is 13.4. The van der Waals surface area contributed by atoms with Crippen molar-refractivity contribution in [2.75, 3.05) is 0 Å². The van der Waals surface area contributed by atoms with Gasteiger partial charge in [-0.1, -0.05) is 5.16 Å². The van der Waals surface area contributed by atoms with E-state index in [4.69, 9.17) is 4.52 Å². The van der Waals surface area contributed by atoms with Crippen molar-refractivity contribution in [3.63, 3.8) is 0 Å². The lowest BCUT2D eigenvalue weighted by Crippen LogP contribution is -1.81. The van der Waals surface area contributed by atoms with Crippen LogP contribution in [0.2, 0.25) is 0 Å². The molecule has 0 aliphatic rings. The van der Waals surface area contributed by atoms with Crippen LogP contribution < -0.4 is 0 Å². The van der Waals surface area contributed by atoms with Crippen molar-refractivity contribution < 1.29 is 9.63 Å². The molecule has 0 radical (unpaired) electrons. The molecule has 19 heavy (non-hydrogen) atoms. The molecule has 0 bridgehead atoms. The second kappa shape index (κ2) is 5.22. The van der Waals surface area contributed by atoms with E-state index >= 15 is 0 Å². The van der Waals surface area contributed by atoms with E-state index in [2.05, 4.69) is 48.7 Å². The molecule has 4 nitrogen and oxygen atoms in total. The Morgan fingerprint density at radius 1 is 1.32 bits per heavy atom. The van der Waals surface area contributed by atoms with E-state index in [-0.39, 0.29) is 5.75 Å². The third-order valence-corrected chi connectivity index (χ3v) is 4.76. The van der Waals surface area contributed by atoms with Gasteiger partial charge in [-0.25, -0.2) is 0 Å². The van der Waals surface area contributed by atoms with Crippen molar-refractivity contribution in [1.82, 2.24) is 10.1 Å². The fourth-order valence-electron chi connectivity index (χ4n) is 1.54. The van der Waals surface area contributed by atoms with E-state index in [1.165, 1.54) is 11.3 Å². The van der Waals surface area contributed by atoms with Crippen LogP contribution in [-0.2, 0) is 0 Å². The summed E-state index contributed by atoms with van der Waals surface area (Å²) in [5.41, 5.74) is 0.543. The first-order valence-corrected chi connectivity index (χ1v) is 7.95. The van der Waals surface area contributed by atoms with Gasteiger partial charge >= 0.3 is 0 Å². The van der Waals surface area contributed by atoms with Crippen LogP contribution in [0, 0.1) is 3.57 Å². The average molecular weight is 449 g/mol. The zero-order valence-corrected chi connectivity index (χ0v) is 13.9. The number of phenolic OH excluding ortho intramolecular Hbond substituents is 1. The summed E-state index contributed by atoms with van der Waals surface area (Å²) >= 11 is 7.07. The first-order valence-electron chi connectivity index (χ1n) is 5.20. The summed E-state index contributed by atoms with van der Waals surface area (Å²) in [6.07, 6.45) is 0. The van der Waals surface area contributed by atoms with Gasteiger partial charge in [0.25, 0.3) is 5.89 Å². The molecule has 1 N–H and O–H groups in total. The number of hydrogen-bond donors (Lipinski definition) is 1. The standard InChI is InChI=1S/C12H6BrIN2O2S/c13-6-3-10(19-5-6)11-15-12(18-16-11)8-4-7(14)1-2-9(8)17/h1-5,17H. The highest BCUT2D eigenvalue weighted by molar-refractivity contribution is 14.1. The quantitative estimate of drug-likeness (QED) is 0.585. The minimum atomic E-state index is 0.128. The monoisotopic (exact) mass is 448 g/mol.